The number of ether oxygens (including phenoxy) is 2. The number of aryl methyl sites for hydroxylation is 1. The lowest BCUT2D eigenvalue weighted by molar-refractivity contribution is -0.158. The number of aliphatic hydroxyl groups excluding tert-OH is 1. The largest absolute Gasteiger partial charge is 0.460 e. The van der Waals surface area contributed by atoms with Crippen LogP contribution in [-0.2, 0) is 28.7 Å². The molecule has 0 bridgehead atoms. The first kappa shape index (κ1) is 28.3. The van der Waals surface area contributed by atoms with Crippen molar-refractivity contribution in [1.82, 2.24) is 10.2 Å². The van der Waals surface area contributed by atoms with Crippen molar-refractivity contribution in [3.8, 4) is 0 Å². The number of hydrogen-bond donors (Lipinski definition) is 2. The molecule has 2 N–H and O–H groups in total. The SMILES string of the molecule is Cc1cccc(Cl)c1N1CC=C[C@@]23O[C@H]4/C=C\CCC(=O)NC[C@H](C)OC(=O)[C@H]4[C@@H]2C(=O)N(CCCO)[C@H]3C1=O. The highest BCUT2D eigenvalue weighted by Gasteiger charge is 2.71. The van der Waals surface area contributed by atoms with Gasteiger partial charge in [0.1, 0.15) is 23.7 Å². The quantitative estimate of drug-likeness (QED) is 0.418. The van der Waals surface area contributed by atoms with E-state index in [2.05, 4.69) is 5.32 Å². The van der Waals surface area contributed by atoms with Crippen LogP contribution in [0.15, 0.2) is 42.5 Å². The number of hydrogen-bond acceptors (Lipinski definition) is 7. The number of anilines is 1. The van der Waals surface area contributed by atoms with Crippen LogP contribution in [-0.4, -0.2) is 83.8 Å². The lowest BCUT2D eigenvalue weighted by atomic mass is 9.78. The highest BCUT2D eigenvalue weighted by Crippen LogP contribution is 2.53. The third-order valence-corrected chi connectivity index (χ3v) is 8.35. The monoisotopic (exact) mass is 571 g/mol. The molecule has 10 nitrogen and oxygen atoms in total. The van der Waals surface area contributed by atoms with E-state index in [1.165, 1.54) is 4.90 Å². The fourth-order valence-electron chi connectivity index (χ4n) is 6.31. The number of nitrogens with one attached hydrogen (secondary N) is 1. The number of fused-ring (bicyclic) bond motifs is 2. The van der Waals surface area contributed by atoms with Crippen molar-refractivity contribution in [2.24, 2.45) is 11.8 Å². The van der Waals surface area contributed by atoms with Crippen molar-refractivity contribution in [3.05, 3.63) is 53.1 Å². The van der Waals surface area contributed by atoms with E-state index in [9.17, 15) is 24.3 Å². The summed E-state index contributed by atoms with van der Waals surface area (Å²) in [6.45, 7) is 3.81. The molecular weight excluding hydrogens is 538 g/mol. The van der Waals surface area contributed by atoms with Crippen molar-refractivity contribution < 1.29 is 33.8 Å². The van der Waals surface area contributed by atoms with Crippen molar-refractivity contribution in [2.45, 2.75) is 57.0 Å². The van der Waals surface area contributed by atoms with Crippen LogP contribution in [0.5, 0.6) is 0 Å². The Morgan fingerprint density at radius 3 is 2.73 bits per heavy atom. The molecule has 0 unspecified atom stereocenters. The summed E-state index contributed by atoms with van der Waals surface area (Å²) in [4.78, 5) is 57.3. The first-order chi connectivity index (χ1) is 19.2. The molecule has 4 aliphatic rings. The highest BCUT2D eigenvalue weighted by atomic mass is 35.5. The molecule has 0 saturated carbocycles. The van der Waals surface area contributed by atoms with Crippen LogP contribution in [0.1, 0.15) is 31.7 Å². The molecule has 1 aromatic rings. The first-order valence-electron chi connectivity index (χ1n) is 13.7. The highest BCUT2D eigenvalue weighted by molar-refractivity contribution is 6.34. The summed E-state index contributed by atoms with van der Waals surface area (Å²) < 4.78 is 12.3. The molecule has 0 radical (unpaired) electrons. The Bertz CT molecular complexity index is 1250. The van der Waals surface area contributed by atoms with Gasteiger partial charge in [-0.15, -0.1) is 0 Å². The standard InChI is InChI=1S/C29H34ClN3O7/c1-17-8-5-9-19(30)24(17)32-13-6-12-29-23(26(36)33(14-7-15-34)25(29)27(32)37)22-20(40-29)10-3-4-11-21(35)31-16-18(2)39-28(22)38/h3,5-6,8-10,12,18,20,22-23,25,34H,4,7,11,13-16H2,1-2H3,(H,31,35)/b10-3-/t18-,20-,22+,23+,25-,29+/m0/s1. The minimum atomic E-state index is -1.44. The van der Waals surface area contributed by atoms with Gasteiger partial charge in [-0.1, -0.05) is 48.0 Å². The normalized spacial score (nSPS) is 33.2. The number of cyclic esters (lactones) is 1. The van der Waals surface area contributed by atoms with E-state index >= 15 is 0 Å². The summed E-state index contributed by atoms with van der Waals surface area (Å²) in [6, 6.07) is 4.28. The summed E-state index contributed by atoms with van der Waals surface area (Å²) in [5.41, 5.74) is -0.0992. The second kappa shape index (κ2) is 11.3. The molecule has 2 fully saturated rings. The number of para-hydroxylation sites is 1. The summed E-state index contributed by atoms with van der Waals surface area (Å²) in [5, 5.41) is 12.7. The topological polar surface area (TPSA) is 125 Å². The zero-order valence-corrected chi connectivity index (χ0v) is 23.3. The first-order valence-corrected chi connectivity index (χ1v) is 14.0. The van der Waals surface area contributed by atoms with Crippen molar-refractivity contribution in [2.75, 3.05) is 31.1 Å². The maximum absolute atomic E-state index is 14.4. The zero-order chi connectivity index (χ0) is 28.6. The van der Waals surface area contributed by atoms with E-state index in [0.29, 0.717) is 17.1 Å². The number of esters is 1. The predicted octanol–water partition coefficient (Wildman–Crippen LogP) is 1.91. The van der Waals surface area contributed by atoms with Crippen LogP contribution >= 0.6 is 11.6 Å². The van der Waals surface area contributed by atoms with Gasteiger partial charge in [0.2, 0.25) is 11.8 Å². The Morgan fingerprint density at radius 2 is 1.98 bits per heavy atom. The number of carbonyl (C=O) groups excluding carboxylic acids is 4. The lowest BCUT2D eigenvalue weighted by Gasteiger charge is -2.35. The van der Waals surface area contributed by atoms with Gasteiger partial charge in [0.25, 0.3) is 5.91 Å². The van der Waals surface area contributed by atoms with Crippen molar-refractivity contribution in [1.29, 1.82) is 0 Å². The second-order valence-corrected chi connectivity index (χ2v) is 11.1. The van der Waals surface area contributed by atoms with Crippen LogP contribution in [0.3, 0.4) is 0 Å². The molecule has 5 rings (SSSR count). The number of allylic oxidation sites excluding steroid dienone is 1. The van der Waals surface area contributed by atoms with Crippen LogP contribution in [0, 0.1) is 18.8 Å². The van der Waals surface area contributed by atoms with E-state index < -0.39 is 47.6 Å². The maximum Gasteiger partial charge on any atom is 0.313 e. The molecule has 40 heavy (non-hydrogen) atoms. The summed E-state index contributed by atoms with van der Waals surface area (Å²) in [5.74, 6) is -3.59. The summed E-state index contributed by atoms with van der Waals surface area (Å²) in [6.07, 6.45) is 6.44. The Balaban J connectivity index is 1.60. The van der Waals surface area contributed by atoms with Gasteiger partial charge >= 0.3 is 5.97 Å². The van der Waals surface area contributed by atoms with Crippen LogP contribution in [0.25, 0.3) is 0 Å². The molecule has 0 aromatic heterocycles. The maximum atomic E-state index is 14.4. The fourth-order valence-corrected chi connectivity index (χ4v) is 6.63. The van der Waals surface area contributed by atoms with E-state index in [0.717, 1.165) is 5.56 Å². The molecule has 214 valence electrons. The van der Waals surface area contributed by atoms with Gasteiger partial charge in [0, 0.05) is 26.1 Å². The molecule has 1 spiro atoms. The summed E-state index contributed by atoms with van der Waals surface area (Å²) >= 11 is 6.56. The van der Waals surface area contributed by atoms with Gasteiger partial charge in [0.15, 0.2) is 0 Å². The molecule has 6 atom stereocenters. The van der Waals surface area contributed by atoms with Gasteiger partial charge in [-0.2, -0.15) is 0 Å². The Labute approximate surface area is 237 Å². The Morgan fingerprint density at radius 1 is 1.18 bits per heavy atom. The van der Waals surface area contributed by atoms with Gasteiger partial charge < -0.3 is 29.7 Å². The number of likely N-dealkylation sites (tertiary alicyclic amines) is 1. The molecule has 0 aliphatic carbocycles. The number of halogens is 1. The minimum absolute atomic E-state index is 0.112. The summed E-state index contributed by atoms with van der Waals surface area (Å²) in [7, 11) is 0. The number of rotatable bonds is 4. The Kier molecular flexibility index (Phi) is 8.03. The number of nitrogens with zero attached hydrogens (tertiary/aromatic N) is 2. The molecule has 4 heterocycles. The number of aliphatic hydroxyl groups is 1. The smallest absolute Gasteiger partial charge is 0.313 e. The Hall–Kier alpha value is -3.21. The number of carbonyl (C=O) groups is 4. The van der Waals surface area contributed by atoms with Crippen molar-refractivity contribution >= 4 is 41.0 Å². The van der Waals surface area contributed by atoms with Crippen LogP contribution in [0.4, 0.5) is 5.69 Å². The van der Waals surface area contributed by atoms with Gasteiger partial charge in [-0.05, 0) is 38.3 Å². The lowest BCUT2D eigenvalue weighted by Crippen LogP contribution is -2.55. The average molecular weight is 572 g/mol. The second-order valence-electron chi connectivity index (χ2n) is 10.7. The third kappa shape index (κ3) is 4.82. The molecule has 11 heteroatoms. The van der Waals surface area contributed by atoms with Crippen LogP contribution in [0.2, 0.25) is 5.02 Å². The van der Waals surface area contributed by atoms with Crippen molar-refractivity contribution in [3.63, 3.8) is 0 Å². The van der Waals surface area contributed by atoms with Gasteiger partial charge in [-0.3, -0.25) is 19.2 Å². The van der Waals surface area contributed by atoms with Gasteiger partial charge in [-0.25, -0.2) is 0 Å². The van der Waals surface area contributed by atoms with E-state index in [1.807, 2.05) is 13.0 Å². The van der Waals surface area contributed by atoms with E-state index in [4.69, 9.17) is 21.1 Å². The average Bonchev–Trinajstić information content (AvgIpc) is 3.29. The number of benzene rings is 1. The number of amides is 3. The molecule has 1 aromatic carbocycles. The molecule has 2 saturated heterocycles. The fraction of sp³-hybridized carbons (Fsp3) is 0.517. The third-order valence-electron chi connectivity index (χ3n) is 8.05. The minimum Gasteiger partial charge on any atom is -0.460 e. The predicted molar refractivity (Wildman–Crippen MR) is 146 cm³/mol. The van der Waals surface area contributed by atoms with Gasteiger partial charge in [0.05, 0.1) is 29.3 Å². The zero-order valence-electron chi connectivity index (χ0n) is 22.5. The van der Waals surface area contributed by atoms with E-state index in [-0.39, 0.29) is 50.9 Å². The molecular formula is C29H34ClN3O7. The molecule has 4 aliphatic heterocycles. The van der Waals surface area contributed by atoms with Crippen LogP contribution < -0.4 is 10.2 Å². The molecule has 3 amide bonds. The van der Waals surface area contributed by atoms with E-state index in [1.54, 1.807) is 48.3 Å².